The number of carbonyl (C=O) groups is 1. The molecule has 1 aromatic carbocycles. The third kappa shape index (κ3) is 6.18. The fourth-order valence-corrected chi connectivity index (χ4v) is 1.75. The summed E-state index contributed by atoms with van der Waals surface area (Å²) in [7, 11) is 0. The van der Waals surface area contributed by atoms with Crippen molar-refractivity contribution in [3.05, 3.63) is 36.4 Å². The minimum atomic E-state index is -0.465. The van der Waals surface area contributed by atoms with Gasteiger partial charge in [0.25, 0.3) is 0 Å². The van der Waals surface area contributed by atoms with Crippen molar-refractivity contribution in [3.8, 4) is 11.5 Å². The molecule has 122 valence electrons. The highest BCUT2D eigenvalue weighted by Crippen LogP contribution is 2.30. The van der Waals surface area contributed by atoms with Gasteiger partial charge in [-0.1, -0.05) is 26.0 Å². The monoisotopic (exact) mass is 308 g/mol. The van der Waals surface area contributed by atoms with Crippen molar-refractivity contribution >= 4 is 5.97 Å². The Morgan fingerprint density at radius 1 is 1.36 bits per heavy atom. The predicted molar refractivity (Wildman–Crippen MR) is 84.0 cm³/mol. The molecule has 22 heavy (non-hydrogen) atoms. The average Bonchev–Trinajstić information content (AvgIpc) is 2.53. The zero-order valence-corrected chi connectivity index (χ0v) is 13.2. The number of hydrogen-bond acceptors (Lipinski definition) is 5. The second kappa shape index (κ2) is 9.84. The highest BCUT2D eigenvalue weighted by atomic mass is 16.6. The molecule has 0 spiro atoms. The van der Waals surface area contributed by atoms with Crippen molar-refractivity contribution in [1.29, 1.82) is 0 Å². The lowest BCUT2D eigenvalue weighted by Crippen LogP contribution is -2.10. The number of rotatable bonds is 10. The normalized spacial score (nSPS) is 11.7. The van der Waals surface area contributed by atoms with Gasteiger partial charge in [-0.15, -0.1) is 0 Å². The van der Waals surface area contributed by atoms with Gasteiger partial charge in [0.05, 0.1) is 19.3 Å². The number of unbranched alkanes of at least 4 members (excludes halogenated alkanes) is 1. The van der Waals surface area contributed by atoms with Gasteiger partial charge in [0.2, 0.25) is 0 Å². The molecule has 0 saturated carbocycles. The first-order chi connectivity index (χ1) is 10.6. The van der Waals surface area contributed by atoms with E-state index in [9.17, 15) is 9.90 Å². The Morgan fingerprint density at radius 2 is 2.14 bits per heavy atom. The molecule has 1 aromatic rings. The molecular formula is C17H24O5. The Hall–Kier alpha value is -2.01. The summed E-state index contributed by atoms with van der Waals surface area (Å²) < 4.78 is 16.0. The van der Waals surface area contributed by atoms with Crippen LogP contribution in [-0.4, -0.2) is 30.9 Å². The molecule has 0 saturated heterocycles. The first-order valence-electron chi connectivity index (χ1n) is 7.45. The molecule has 5 nitrogen and oxygen atoms in total. The van der Waals surface area contributed by atoms with Gasteiger partial charge in [0, 0.05) is 6.08 Å². The summed E-state index contributed by atoms with van der Waals surface area (Å²) in [6.45, 7) is 8.31. The number of aromatic hydroxyl groups is 1. The van der Waals surface area contributed by atoms with Crippen LogP contribution in [-0.2, 0) is 14.3 Å². The zero-order chi connectivity index (χ0) is 16.4. The molecule has 5 heteroatoms. The molecule has 0 bridgehead atoms. The summed E-state index contributed by atoms with van der Waals surface area (Å²) in [5.41, 5.74) is 0.888. The van der Waals surface area contributed by atoms with Crippen LogP contribution in [0.1, 0.15) is 38.4 Å². The minimum absolute atomic E-state index is 0.118. The van der Waals surface area contributed by atoms with E-state index in [1.807, 2.05) is 6.92 Å². The second-order valence-electron chi connectivity index (χ2n) is 4.81. The van der Waals surface area contributed by atoms with Crippen LogP contribution >= 0.6 is 0 Å². The van der Waals surface area contributed by atoms with Gasteiger partial charge in [-0.05, 0) is 31.0 Å². The van der Waals surface area contributed by atoms with Crippen LogP contribution in [0.4, 0.5) is 0 Å². The Bertz CT molecular complexity index is 484. The van der Waals surface area contributed by atoms with E-state index in [1.54, 1.807) is 18.2 Å². The summed E-state index contributed by atoms with van der Waals surface area (Å²) in [5.74, 6) is 0.110. The van der Waals surface area contributed by atoms with Crippen molar-refractivity contribution in [2.24, 2.45) is 0 Å². The number of ether oxygens (including phenoxy) is 3. The van der Waals surface area contributed by atoms with Gasteiger partial charge in [0.1, 0.15) is 6.61 Å². The average molecular weight is 308 g/mol. The first-order valence-corrected chi connectivity index (χ1v) is 7.45. The SMILES string of the molecule is C=CC(=O)OCCOC(C)c1ccc(O)c(OCCCC)c1. The predicted octanol–water partition coefficient (Wildman–Crippen LogP) is 3.38. The molecule has 0 fully saturated rings. The van der Waals surface area contributed by atoms with Crippen molar-refractivity contribution in [2.75, 3.05) is 19.8 Å². The summed E-state index contributed by atoms with van der Waals surface area (Å²) in [6.07, 6.45) is 2.88. The summed E-state index contributed by atoms with van der Waals surface area (Å²) in [5, 5.41) is 9.79. The van der Waals surface area contributed by atoms with Gasteiger partial charge in [0.15, 0.2) is 11.5 Å². The molecule has 1 unspecified atom stereocenters. The van der Waals surface area contributed by atoms with Crippen LogP contribution in [0.2, 0.25) is 0 Å². The summed E-state index contributed by atoms with van der Waals surface area (Å²) in [4.78, 5) is 10.9. The maximum Gasteiger partial charge on any atom is 0.330 e. The van der Waals surface area contributed by atoms with Gasteiger partial charge >= 0.3 is 5.97 Å². The Kier molecular flexibility index (Phi) is 8.07. The van der Waals surface area contributed by atoms with Crippen molar-refractivity contribution in [3.63, 3.8) is 0 Å². The highest BCUT2D eigenvalue weighted by Gasteiger charge is 2.10. The lowest BCUT2D eigenvalue weighted by Gasteiger charge is -2.15. The molecule has 0 radical (unpaired) electrons. The number of esters is 1. The van der Waals surface area contributed by atoms with Crippen LogP contribution in [0, 0.1) is 0 Å². The van der Waals surface area contributed by atoms with E-state index in [1.165, 1.54) is 0 Å². The molecule has 0 aliphatic rings. The molecule has 0 amide bonds. The zero-order valence-electron chi connectivity index (χ0n) is 13.2. The highest BCUT2D eigenvalue weighted by molar-refractivity contribution is 5.81. The summed E-state index contributed by atoms with van der Waals surface area (Å²) in [6, 6.07) is 5.14. The molecule has 0 aliphatic heterocycles. The van der Waals surface area contributed by atoms with Gasteiger partial charge in [-0.25, -0.2) is 4.79 Å². The lowest BCUT2D eigenvalue weighted by atomic mass is 10.1. The smallest absolute Gasteiger partial charge is 0.330 e. The van der Waals surface area contributed by atoms with Crippen LogP contribution < -0.4 is 4.74 Å². The Morgan fingerprint density at radius 3 is 2.82 bits per heavy atom. The number of phenolic OH excluding ortho intramolecular Hbond substituents is 1. The van der Waals surface area contributed by atoms with E-state index in [0.717, 1.165) is 24.5 Å². The maximum absolute atomic E-state index is 10.9. The molecule has 1 rings (SSSR count). The van der Waals surface area contributed by atoms with E-state index in [0.29, 0.717) is 12.4 Å². The molecule has 0 aliphatic carbocycles. The van der Waals surface area contributed by atoms with E-state index in [-0.39, 0.29) is 25.1 Å². The minimum Gasteiger partial charge on any atom is -0.504 e. The molecule has 0 aromatic heterocycles. The number of benzene rings is 1. The van der Waals surface area contributed by atoms with Crippen molar-refractivity contribution in [1.82, 2.24) is 0 Å². The molecular weight excluding hydrogens is 284 g/mol. The van der Waals surface area contributed by atoms with Gasteiger partial charge in [-0.2, -0.15) is 0 Å². The van der Waals surface area contributed by atoms with Crippen molar-refractivity contribution < 1.29 is 24.1 Å². The number of carbonyl (C=O) groups excluding carboxylic acids is 1. The van der Waals surface area contributed by atoms with Crippen molar-refractivity contribution in [2.45, 2.75) is 32.8 Å². The molecule has 1 atom stereocenters. The van der Waals surface area contributed by atoms with E-state index >= 15 is 0 Å². The van der Waals surface area contributed by atoms with E-state index in [2.05, 4.69) is 13.5 Å². The third-order valence-electron chi connectivity index (χ3n) is 3.07. The van der Waals surface area contributed by atoms with Crippen LogP contribution in [0.25, 0.3) is 0 Å². The third-order valence-corrected chi connectivity index (χ3v) is 3.07. The molecule has 1 N–H and O–H groups in total. The lowest BCUT2D eigenvalue weighted by molar-refractivity contribution is -0.139. The molecule has 0 heterocycles. The standard InChI is InChI=1S/C17H24O5/c1-4-6-9-21-16-12-14(7-8-15(16)18)13(3)20-10-11-22-17(19)5-2/h5,7-8,12-13,18H,2,4,6,9-11H2,1,3H3. The first kappa shape index (κ1) is 18.0. The Labute approximate surface area is 131 Å². The number of hydrogen-bond donors (Lipinski definition) is 1. The maximum atomic E-state index is 10.9. The topological polar surface area (TPSA) is 65.0 Å². The van der Waals surface area contributed by atoms with Gasteiger partial charge < -0.3 is 19.3 Å². The van der Waals surface area contributed by atoms with Crippen LogP contribution in [0.3, 0.4) is 0 Å². The number of phenols is 1. The van der Waals surface area contributed by atoms with Crippen LogP contribution in [0.5, 0.6) is 11.5 Å². The quantitative estimate of drug-likeness (QED) is 0.408. The largest absolute Gasteiger partial charge is 0.504 e. The second-order valence-corrected chi connectivity index (χ2v) is 4.81. The van der Waals surface area contributed by atoms with E-state index in [4.69, 9.17) is 14.2 Å². The van der Waals surface area contributed by atoms with Crippen LogP contribution in [0.15, 0.2) is 30.9 Å². The van der Waals surface area contributed by atoms with E-state index < -0.39 is 5.97 Å². The Balaban J connectivity index is 2.50. The van der Waals surface area contributed by atoms with Gasteiger partial charge in [-0.3, -0.25) is 0 Å². The fraction of sp³-hybridized carbons (Fsp3) is 0.471. The summed E-state index contributed by atoms with van der Waals surface area (Å²) >= 11 is 0. The fourth-order valence-electron chi connectivity index (χ4n) is 1.75.